The number of primary amides is 2. The van der Waals surface area contributed by atoms with Crippen LogP contribution in [-0.4, -0.2) is 100 Å². The molecule has 0 spiro atoms. The number of fused-ring (bicyclic) bond motifs is 2. The Bertz CT molecular complexity index is 3610. The summed E-state index contributed by atoms with van der Waals surface area (Å²) in [6.45, 7) is 16.7. The Balaban J connectivity index is -0.000000575. The summed E-state index contributed by atoms with van der Waals surface area (Å²) in [5.41, 5.74) is 17.8. The van der Waals surface area contributed by atoms with Crippen LogP contribution in [0.5, 0.6) is 0 Å². The molecule has 2 heterocycles. The zero-order chi connectivity index (χ0) is 68.3. The van der Waals surface area contributed by atoms with Crippen molar-refractivity contribution >= 4 is 120 Å². The summed E-state index contributed by atoms with van der Waals surface area (Å²) in [7, 11) is 0. The molecule has 0 bridgehead atoms. The SMILES string of the molecule is C.C.CC(C)(C)CCC(=O)NCc1cccc(Cl)c1F.CC(C)(C)N.CC(C)(C)N(CC(=O)NCc1cccc(Cl)c1F)C(=O)Cn1nc(C(N)=O)c2ccccc21.NC(=O)c1nn(CC(=O)O)c2ccccc12.O=C(CBr)CCc1cccc(Cl)c1F.O=CO[O-].[H-].[K+].[K+]. The first-order valence-electron chi connectivity index (χ1n) is 27.4. The minimum absolute atomic E-state index is 0. The molecular weight excluding hydrogens is 1410 g/mol. The topological polar surface area (TPSA) is 330 Å². The van der Waals surface area contributed by atoms with Crippen LogP contribution < -0.4 is 136 Å². The fraction of sp³-hybridized carbons (Fsp3) is 0.375. The number of Topliss-reactive ketones (excluding diaryl/α,β-unsaturated/α-hetero) is 1. The number of ketones is 1. The molecule has 7 rings (SSSR count). The number of hydrogen-bond acceptors (Lipinski definition) is 13. The first-order chi connectivity index (χ1) is 41.9. The molecule has 21 nitrogen and oxygen atoms in total. The van der Waals surface area contributed by atoms with Gasteiger partial charge < -0.3 is 49.4 Å². The summed E-state index contributed by atoms with van der Waals surface area (Å²) >= 11 is 20.1. The number of carbonyl (C=O) groups excluding carboxylic acids is 7. The van der Waals surface area contributed by atoms with Crippen molar-refractivity contribution < 1.29 is 171 Å². The van der Waals surface area contributed by atoms with Crippen LogP contribution in [0.1, 0.15) is 136 Å². The maximum absolute atomic E-state index is 14.1. The zero-order valence-corrected chi connectivity index (χ0v) is 63.2. The van der Waals surface area contributed by atoms with Gasteiger partial charge in [-0.2, -0.15) is 10.2 Å². The van der Waals surface area contributed by atoms with E-state index >= 15 is 0 Å². The molecule has 5 aromatic carbocycles. The van der Waals surface area contributed by atoms with Crippen LogP contribution in [0.2, 0.25) is 15.1 Å². The van der Waals surface area contributed by atoms with Crippen molar-refractivity contribution in [2.45, 2.75) is 140 Å². The zero-order valence-electron chi connectivity index (χ0n) is 54.1. The normalized spacial score (nSPS) is 10.4. The summed E-state index contributed by atoms with van der Waals surface area (Å²) in [6.07, 6.45) is 1.99. The van der Waals surface area contributed by atoms with Crippen molar-refractivity contribution in [3.63, 3.8) is 0 Å². The number of nitrogens with zero attached hydrogens (tertiary/aromatic N) is 5. The first kappa shape index (κ1) is 93.5. The van der Waals surface area contributed by atoms with Crippen molar-refractivity contribution in [2.24, 2.45) is 22.6 Å². The molecule has 7 aromatic rings. The Hall–Kier alpha value is -4.67. The molecule has 0 saturated carbocycles. The monoisotopic (exact) mass is 1490 g/mol. The van der Waals surface area contributed by atoms with E-state index < -0.39 is 46.7 Å². The summed E-state index contributed by atoms with van der Waals surface area (Å²) in [6, 6.07) is 27.9. The second-order valence-corrected chi connectivity index (χ2v) is 24.6. The number of para-hydroxylation sites is 2. The largest absolute Gasteiger partial charge is 1.00 e. The van der Waals surface area contributed by atoms with Crippen LogP contribution in [0.25, 0.3) is 21.8 Å². The van der Waals surface area contributed by atoms with Crippen molar-refractivity contribution in [1.29, 1.82) is 0 Å². The van der Waals surface area contributed by atoms with Gasteiger partial charge in [-0.15, -0.1) is 0 Å². The molecule has 0 saturated heterocycles. The number of hydrogen-bond donors (Lipinski definition) is 6. The number of carboxylic acid groups (broad SMARTS) is 1. The van der Waals surface area contributed by atoms with E-state index in [0.29, 0.717) is 57.5 Å². The Kier molecular flexibility index (Phi) is 45.5. The van der Waals surface area contributed by atoms with Crippen molar-refractivity contribution in [2.75, 3.05) is 11.9 Å². The van der Waals surface area contributed by atoms with Gasteiger partial charge in [0.05, 0.1) is 31.4 Å². The predicted molar refractivity (Wildman–Crippen MR) is 355 cm³/mol. The fourth-order valence-corrected chi connectivity index (χ4v) is 8.38. The van der Waals surface area contributed by atoms with E-state index in [1.807, 2.05) is 20.8 Å². The minimum atomic E-state index is -1.02. The van der Waals surface area contributed by atoms with Gasteiger partial charge in [0.15, 0.2) is 11.4 Å². The van der Waals surface area contributed by atoms with Gasteiger partial charge in [-0.3, -0.25) is 47.7 Å². The average Bonchev–Trinajstić information content (AvgIpc) is 1.68. The van der Waals surface area contributed by atoms with Crippen LogP contribution >= 0.6 is 50.7 Å². The van der Waals surface area contributed by atoms with E-state index in [4.69, 9.17) is 67.2 Å². The van der Waals surface area contributed by atoms with E-state index in [0.717, 1.165) is 6.42 Å². The standard InChI is InChI=1S/C23H25ClFN5O3.C14H19ClFNO.C10H9BrClFO.C10H9N3O3.C4H11N.CH2O3.2CH4.2K.H/c1-23(2,3)29(12-18(31)27-11-14-7-6-9-16(24)20(14)25)19(32)13-30-17-10-5-4-8-15(17)21(28-30)22(26)33;1-14(2,3)8-7-12(18)17-9-10-5-4-6-11(15)13(10)16;11-6-8(14)5-4-7-2-1-3-9(12)10(7)13;11-10(16)9-6-3-1-2-4-7(6)13(12-9)5-8(14)15;1-4(2,3)5;2-1-4-3;;;;;/h4-10H,11-13H2,1-3H3,(H2,26,33)(H,27,31);4-6H,7-9H2,1-3H3,(H,17,18);1-3H,4-6H2;1-4H,5H2,(H2,11,16)(H,14,15);5H2,1-3H3;1,3H;2*1H4;;;/q;;;;;;;;2*+1;-1/p-1. The summed E-state index contributed by atoms with van der Waals surface area (Å²) in [4.78, 5) is 94.5. The number of aryl methyl sites for hydroxylation is 1. The molecule has 2 aromatic heterocycles. The second-order valence-electron chi connectivity index (χ2n) is 22.8. The Morgan fingerprint density at radius 1 is 0.649 bits per heavy atom. The maximum Gasteiger partial charge on any atom is 1.00 e. The molecule has 0 atom stereocenters. The average molecular weight is 1490 g/mol. The Morgan fingerprint density at radius 3 is 1.38 bits per heavy atom. The van der Waals surface area contributed by atoms with Gasteiger partial charge in [0.25, 0.3) is 18.3 Å². The van der Waals surface area contributed by atoms with Crippen LogP contribution in [0.15, 0.2) is 103 Å². The van der Waals surface area contributed by atoms with E-state index in [9.17, 15) is 46.7 Å². The first-order valence-corrected chi connectivity index (χ1v) is 29.6. The molecule has 0 radical (unpaired) electrons. The van der Waals surface area contributed by atoms with E-state index in [1.54, 1.807) is 99.6 Å². The maximum atomic E-state index is 14.1. The Morgan fingerprint density at radius 2 is 1.02 bits per heavy atom. The predicted octanol–water partition coefficient (Wildman–Crippen LogP) is 4.96. The summed E-state index contributed by atoms with van der Waals surface area (Å²) in [5.74, 6) is -4.71. The fourth-order valence-electron chi connectivity index (χ4n) is 7.52. The number of halogens is 7. The van der Waals surface area contributed by atoms with Crippen LogP contribution in [-0.2, 0) is 66.3 Å². The van der Waals surface area contributed by atoms with Gasteiger partial charge in [0.1, 0.15) is 42.9 Å². The van der Waals surface area contributed by atoms with Gasteiger partial charge >= 0.3 is 109 Å². The van der Waals surface area contributed by atoms with E-state index in [2.05, 4.69) is 62.4 Å². The molecule has 5 amide bonds. The van der Waals surface area contributed by atoms with Gasteiger partial charge in [-0.1, -0.05) is 159 Å². The number of amides is 5. The van der Waals surface area contributed by atoms with Crippen LogP contribution in [0, 0.1) is 22.9 Å². The molecular formula is C64H83BrCl3F3K2N10O11. The van der Waals surface area contributed by atoms with E-state index in [1.165, 1.54) is 38.5 Å². The number of nitrogens with two attached hydrogens (primary N) is 3. The minimum Gasteiger partial charge on any atom is -1.00 e. The van der Waals surface area contributed by atoms with Gasteiger partial charge in [0.2, 0.25) is 17.7 Å². The summed E-state index contributed by atoms with van der Waals surface area (Å²) < 4.78 is 43.6. The van der Waals surface area contributed by atoms with Crippen LogP contribution in [0.3, 0.4) is 0 Å². The van der Waals surface area contributed by atoms with Gasteiger partial charge in [0, 0.05) is 58.9 Å². The third-order valence-electron chi connectivity index (χ3n) is 11.8. The molecule has 506 valence electrons. The van der Waals surface area contributed by atoms with Crippen molar-refractivity contribution in [3.05, 3.63) is 164 Å². The number of alkyl halides is 1. The smallest absolute Gasteiger partial charge is 1.00 e. The van der Waals surface area contributed by atoms with Gasteiger partial charge in [-0.05, 0) is 95.7 Å². The number of aromatic nitrogens is 4. The van der Waals surface area contributed by atoms with Crippen LogP contribution in [0.4, 0.5) is 13.2 Å². The Labute approximate surface area is 656 Å². The molecule has 0 fully saturated rings. The van der Waals surface area contributed by atoms with Gasteiger partial charge in [-0.25, -0.2) is 13.2 Å². The quantitative estimate of drug-likeness (QED) is 0.0205. The number of benzene rings is 5. The molecule has 94 heavy (non-hydrogen) atoms. The number of nitrogens with one attached hydrogen (secondary N) is 2. The number of aliphatic carboxylic acids is 1. The third kappa shape index (κ3) is 34.5. The number of rotatable bonds is 19. The second kappa shape index (κ2) is 45.8. The molecule has 0 aliphatic rings. The number of carboxylic acids is 1. The molecule has 0 aliphatic carbocycles. The van der Waals surface area contributed by atoms with Crippen molar-refractivity contribution in [3.8, 4) is 0 Å². The molecule has 0 unspecified atom stereocenters. The summed E-state index contributed by atoms with van der Waals surface area (Å²) in [5, 5.41) is 32.1. The molecule has 30 heteroatoms. The third-order valence-corrected chi connectivity index (χ3v) is 13.3. The van der Waals surface area contributed by atoms with Crippen molar-refractivity contribution in [1.82, 2.24) is 35.1 Å². The number of carbonyl (C=O) groups is 8. The molecule has 9 N–H and O–H groups in total. The molecule has 0 aliphatic heterocycles. The van der Waals surface area contributed by atoms with E-state index in [-0.39, 0.29) is 219 Å².